The van der Waals surface area contributed by atoms with Crippen LogP contribution in [0.1, 0.15) is 30.5 Å². The fourth-order valence-electron chi connectivity index (χ4n) is 3.39. The van der Waals surface area contributed by atoms with Crippen LogP contribution < -0.4 is 14.4 Å². The number of carbonyl (C=O) groups excluding carboxylic acids is 1. The topological polar surface area (TPSA) is 75.7 Å². The number of hydrogen-bond acceptors (Lipinski definition) is 4. The average Bonchev–Trinajstić information content (AvgIpc) is 2.82. The molecule has 0 heterocycles. The van der Waals surface area contributed by atoms with Crippen molar-refractivity contribution in [3.63, 3.8) is 0 Å². The summed E-state index contributed by atoms with van der Waals surface area (Å²) < 4.78 is 33.2. The van der Waals surface area contributed by atoms with E-state index in [2.05, 4.69) is 5.32 Å². The molecular formula is C25H27ClN2O4S. The lowest BCUT2D eigenvalue weighted by Gasteiger charge is -2.26. The Hall–Kier alpha value is -3.03. The molecular weight excluding hydrogens is 460 g/mol. The van der Waals surface area contributed by atoms with Crippen LogP contribution in [0.3, 0.4) is 0 Å². The van der Waals surface area contributed by atoms with Crippen LogP contribution in [0.2, 0.25) is 5.02 Å². The van der Waals surface area contributed by atoms with Crippen molar-refractivity contribution in [2.24, 2.45) is 0 Å². The SMILES string of the molecule is CCC(NC(=O)CN(c1ccc(C)cc1)S(=O)(=O)c1ccc(Cl)cc1)c1ccc(OC)cc1. The Bertz CT molecular complexity index is 1180. The molecule has 0 saturated carbocycles. The first-order valence-corrected chi connectivity index (χ1v) is 12.3. The van der Waals surface area contributed by atoms with Crippen molar-refractivity contribution in [3.05, 3.63) is 88.9 Å². The van der Waals surface area contributed by atoms with Crippen molar-refractivity contribution in [2.45, 2.75) is 31.2 Å². The van der Waals surface area contributed by atoms with Gasteiger partial charge in [0.2, 0.25) is 5.91 Å². The molecule has 8 heteroatoms. The molecule has 0 bridgehead atoms. The standard InChI is InChI=1S/C25H27ClN2O4S/c1-4-24(19-7-13-22(32-3)14-8-19)27-25(29)17-28(21-11-5-18(2)6-12-21)33(30,31)23-15-9-20(26)10-16-23/h5-16,24H,4,17H2,1-3H3,(H,27,29). The van der Waals surface area contributed by atoms with E-state index in [4.69, 9.17) is 16.3 Å². The van der Waals surface area contributed by atoms with E-state index in [9.17, 15) is 13.2 Å². The van der Waals surface area contributed by atoms with E-state index in [-0.39, 0.29) is 17.5 Å². The molecule has 1 amide bonds. The molecule has 33 heavy (non-hydrogen) atoms. The minimum atomic E-state index is -4.00. The van der Waals surface area contributed by atoms with Crippen LogP contribution in [-0.4, -0.2) is 28.0 Å². The summed E-state index contributed by atoms with van der Waals surface area (Å²) in [6.45, 7) is 3.51. The summed E-state index contributed by atoms with van der Waals surface area (Å²) in [6, 6.07) is 20.1. The van der Waals surface area contributed by atoms with E-state index in [1.165, 1.54) is 24.3 Å². The quantitative estimate of drug-likeness (QED) is 0.455. The first-order valence-electron chi connectivity index (χ1n) is 10.5. The first kappa shape index (κ1) is 24.6. The molecule has 0 aliphatic carbocycles. The number of aryl methyl sites for hydroxylation is 1. The van der Waals surface area contributed by atoms with Crippen LogP contribution in [0.5, 0.6) is 5.75 Å². The monoisotopic (exact) mass is 486 g/mol. The second-order valence-corrected chi connectivity index (χ2v) is 9.90. The predicted molar refractivity (Wildman–Crippen MR) is 131 cm³/mol. The van der Waals surface area contributed by atoms with E-state index in [1.807, 2.05) is 50.2 Å². The molecule has 0 spiro atoms. The second kappa shape index (κ2) is 10.7. The van der Waals surface area contributed by atoms with Crippen LogP contribution in [0, 0.1) is 6.92 Å². The lowest BCUT2D eigenvalue weighted by molar-refractivity contribution is -0.120. The zero-order chi connectivity index (χ0) is 24.0. The molecule has 0 aliphatic heterocycles. The van der Waals surface area contributed by atoms with Gasteiger partial charge in [0, 0.05) is 5.02 Å². The molecule has 3 rings (SSSR count). The number of rotatable bonds is 9. The van der Waals surface area contributed by atoms with Crippen molar-refractivity contribution >= 4 is 33.2 Å². The molecule has 1 atom stereocenters. The number of benzene rings is 3. The molecule has 174 valence electrons. The lowest BCUT2D eigenvalue weighted by atomic mass is 10.0. The number of amides is 1. The van der Waals surface area contributed by atoms with E-state index >= 15 is 0 Å². The smallest absolute Gasteiger partial charge is 0.264 e. The molecule has 0 radical (unpaired) electrons. The number of carbonyl (C=O) groups is 1. The average molecular weight is 487 g/mol. The van der Waals surface area contributed by atoms with Gasteiger partial charge in [-0.2, -0.15) is 0 Å². The number of methoxy groups -OCH3 is 1. The van der Waals surface area contributed by atoms with Gasteiger partial charge in [0.1, 0.15) is 12.3 Å². The molecule has 0 aliphatic rings. The van der Waals surface area contributed by atoms with Crippen LogP contribution in [0.15, 0.2) is 77.7 Å². The normalized spacial score (nSPS) is 12.1. The van der Waals surface area contributed by atoms with Gasteiger partial charge in [0.25, 0.3) is 10.0 Å². The third-order valence-corrected chi connectivity index (χ3v) is 7.31. The number of nitrogens with one attached hydrogen (secondary N) is 1. The zero-order valence-corrected chi connectivity index (χ0v) is 20.4. The third-order valence-electron chi connectivity index (χ3n) is 5.27. The lowest BCUT2D eigenvalue weighted by Crippen LogP contribution is -2.42. The summed E-state index contributed by atoms with van der Waals surface area (Å²) in [5.41, 5.74) is 2.30. The first-order chi connectivity index (χ1) is 15.7. The highest BCUT2D eigenvalue weighted by Gasteiger charge is 2.28. The van der Waals surface area contributed by atoms with Gasteiger partial charge < -0.3 is 10.1 Å². The fourth-order valence-corrected chi connectivity index (χ4v) is 4.93. The van der Waals surface area contributed by atoms with Crippen LogP contribution in [-0.2, 0) is 14.8 Å². The maximum absolute atomic E-state index is 13.4. The number of anilines is 1. The van der Waals surface area contributed by atoms with Gasteiger partial charge in [-0.05, 0) is 67.4 Å². The highest BCUT2D eigenvalue weighted by atomic mass is 35.5. The summed E-state index contributed by atoms with van der Waals surface area (Å²) in [4.78, 5) is 13.1. The molecule has 1 N–H and O–H groups in total. The molecule has 0 fully saturated rings. The Kier molecular flexibility index (Phi) is 8.00. The number of hydrogen-bond donors (Lipinski definition) is 1. The number of ether oxygens (including phenoxy) is 1. The van der Waals surface area contributed by atoms with E-state index in [1.54, 1.807) is 19.2 Å². The Morgan fingerprint density at radius 1 is 1.00 bits per heavy atom. The Balaban J connectivity index is 1.88. The van der Waals surface area contributed by atoms with Gasteiger partial charge >= 0.3 is 0 Å². The summed E-state index contributed by atoms with van der Waals surface area (Å²) in [6.07, 6.45) is 0.645. The minimum Gasteiger partial charge on any atom is -0.497 e. The van der Waals surface area contributed by atoms with Crippen LogP contribution in [0.4, 0.5) is 5.69 Å². The van der Waals surface area contributed by atoms with Crippen molar-refractivity contribution in [2.75, 3.05) is 18.0 Å². The highest BCUT2D eigenvalue weighted by Crippen LogP contribution is 2.26. The molecule has 0 aromatic heterocycles. The third kappa shape index (κ3) is 6.06. The summed E-state index contributed by atoms with van der Waals surface area (Å²) in [5, 5.41) is 3.39. The number of sulfonamides is 1. The minimum absolute atomic E-state index is 0.0578. The van der Waals surface area contributed by atoms with Gasteiger partial charge in [-0.15, -0.1) is 0 Å². The van der Waals surface area contributed by atoms with Gasteiger partial charge in [-0.3, -0.25) is 9.10 Å². The second-order valence-electron chi connectivity index (χ2n) is 7.60. The Morgan fingerprint density at radius 2 is 1.61 bits per heavy atom. The number of nitrogens with zero attached hydrogens (tertiary/aromatic N) is 1. The largest absolute Gasteiger partial charge is 0.497 e. The van der Waals surface area contributed by atoms with Crippen molar-refractivity contribution in [3.8, 4) is 5.75 Å². The van der Waals surface area contributed by atoms with Gasteiger partial charge in [-0.1, -0.05) is 48.4 Å². The van der Waals surface area contributed by atoms with Crippen molar-refractivity contribution in [1.29, 1.82) is 0 Å². The van der Waals surface area contributed by atoms with Gasteiger partial charge in [0.15, 0.2) is 0 Å². The molecule has 1 unspecified atom stereocenters. The maximum Gasteiger partial charge on any atom is 0.264 e. The Labute approximate surface area is 200 Å². The fraction of sp³-hybridized carbons (Fsp3) is 0.240. The number of halogens is 1. The molecule has 6 nitrogen and oxygen atoms in total. The molecule has 3 aromatic carbocycles. The van der Waals surface area contributed by atoms with Crippen molar-refractivity contribution < 1.29 is 17.9 Å². The summed E-state index contributed by atoms with van der Waals surface area (Å²) in [7, 11) is -2.41. The Morgan fingerprint density at radius 3 is 2.15 bits per heavy atom. The zero-order valence-electron chi connectivity index (χ0n) is 18.8. The van der Waals surface area contributed by atoms with E-state index in [0.717, 1.165) is 21.2 Å². The van der Waals surface area contributed by atoms with Crippen LogP contribution in [0.25, 0.3) is 0 Å². The van der Waals surface area contributed by atoms with Crippen molar-refractivity contribution in [1.82, 2.24) is 5.32 Å². The maximum atomic E-state index is 13.4. The van der Waals surface area contributed by atoms with Gasteiger partial charge in [0.05, 0.1) is 23.7 Å². The highest BCUT2D eigenvalue weighted by molar-refractivity contribution is 7.92. The van der Waals surface area contributed by atoms with E-state index in [0.29, 0.717) is 17.1 Å². The summed E-state index contributed by atoms with van der Waals surface area (Å²) >= 11 is 5.93. The van der Waals surface area contributed by atoms with E-state index < -0.39 is 15.9 Å². The van der Waals surface area contributed by atoms with Gasteiger partial charge in [-0.25, -0.2) is 8.42 Å². The van der Waals surface area contributed by atoms with Crippen LogP contribution >= 0.6 is 11.6 Å². The molecule has 0 saturated heterocycles. The molecule has 3 aromatic rings. The predicted octanol–water partition coefficient (Wildman–Crippen LogP) is 5.12. The summed E-state index contributed by atoms with van der Waals surface area (Å²) in [5.74, 6) is 0.315.